The Labute approximate surface area is 175 Å². The highest BCUT2D eigenvalue weighted by atomic mass is 16.5. The predicted molar refractivity (Wildman–Crippen MR) is 117 cm³/mol. The number of fused-ring (bicyclic) bond motifs is 6. The van der Waals surface area contributed by atoms with Gasteiger partial charge in [-0.1, -0.05) is 49.2 Å². The van der Waals surface area contributed by atoms with Crippen molar-refractivity contribution in [2.24, 2.45) is 0 Å². The predicted octanol–water partition coefficient (Wildman–Crippen LogP) is 5.22. The van der Waals surface area contributed by atoms with Crippen molar-refractivity contribution in [1.82, 2.24) is 19.6 Å². The van der Waals surface area contributed by atoms with E-state index in [0.29, 0.717) is 6.61 Å². The van der Waals surface area contributed by atoms with Gasteiger partial charge in [0.1, 0.15) is 12.1 Å². The molecule has 1 saturated carbocycles. The van der Waals surface area contributed by atoms with Gasteiger partial charge < -0.3 is 4.74 Å². The van der Waals surface area contributed by atoms with E-state index in [9.17, 15) is 0 Å². The van der Waals surface area contributed by atoms with E-state index in [1.165, 1.54) is 42.4 Å². The van der Waals surface area contributed by atoms with Gasteiger partial charge in [0.2, 0.25) is 0 Å². The van der Waals surface area contributed by atoms with Crippen LogP contribution in [0.3, 0.4) is 0 Å². The van der Waals surface area contributed by atoms with Gasteiger partial charge in [0.15, 0.2) is 11.5 Å². The summed E-state index contributed by atoms with van der Waals surface area (Å²) in [6.07, 6.45) is 7.80. The fourth-order valence-corrected chi connectivity index (χ4v) is 5.40. The molecule has 30 heavy (non-hydrogen) atoms. The number of hydrogen-bond acceptors (Lipinski definition) is 4. The molecule has 0 N–H and O–H groups in total. The van der Waals surface area contributed by atoms with E-state index in [1.807, 2.05) is 42.0 Å². The fraction of sp³-hybridized carbons (Fsp3) is 0.320. The standard InChI is InChI=1S/C25H24N4O/c1-2-30-19-10-7-9-17(14-19)23-27-24-21-22(26-16-29(24)28-23)20-11-4-3-8-18(20)15-25(21)12-5-6-13-25/h3-4,7-11,14,16H,2,5-6,12-13,15H2,1H3. The maximum atomic E-state index is 5.67. The SMILES string of the molecule is CCOc1cccc(-c2nc3c4c(ncn3n2)-c2ccccc2CC42CCCC2)c1. The van der Waals surface area contributed by atoms with Crippen LogP contribution >= 0.6 is 0 Å². The maximum Gasteiger partial charge on any atom is 0.182 e. The fourth-order valence-electron chi connectivity index (χ4n) is 5.40. The quantitative estimate of drug-likeness (QED) is 0.476. The lowest BCUT2D eigenvalue weighted by Crippen LogP contribution is -2.31. The van der Waals surface area contributed by atoms with Gasteiger partial charge in [0.25, 0.3) is 0 Å². The number of rotatable bonds is 3. The van der Waals surface area contributed by atoms with Crippen molar-refractivity contribution in [3.8, 4) is 28.4 Å². The van der Waals surface area contributed by atoms with Crippen LogP contribution in [0, 0.1) is 0 Å². The zero-order valence-electron chi connectivity index (χ0n) is 17.1. The molecule has 0 bridgehead atoms. The first-order valence-corrected chi connectivity index (χ1v) is 10.8. The maximum absolute atomic E-state index is 5.67. The molecule has 2 aromatic heterocycles. The molecular formula is C25H24N4O. The van der Waals surface area contributed by atoms with Crippen LogP contribution in [0.5, 0.6) is 5.75 Å². The summed E-state index contributed by atoms with van der Waals surface area (Å²) < 4.78 is 7.54. The smallest absolute Gasteiger partial charge is 0.182 e. The van der Waals surface area contributed by atoms with Gasteiger partial charge in [-0.2, -0.15) is 0 Å². The molecule has 0 atom stereocenters. The Kier molecular flexibility index (Phi) is 3.91. The minimum absolute atomic E-state index is 0.122. The third kappa shape index (κ3) is 2.58. The lowest BCUT2D eigenvalue weighted by molar-refractivity contribution is 0.340. The van der Waals surface area contributed by atoms with Crippen molar-refractivity contribution in [2.75, 3.05) is 6.61 Å². The Hall–Kier alpha value is -3.21. The van der Waals surface area contributed by atoms with Crippen molar-refractivity contribution in [3.63, 3.8) is 0 Å². The molecule has 0 aliphatic heterocycles. The average molecular weight is 396 g/mol. The molecular weight excluding hydrogens is 372 g/mol. The van der Waals surface area contributed by atoms with Gasteiger partial charge in [-0.3, -0.25) is 0 Å². The van der Waals surface area contributed by atoms with Crippen LogP contribution in [0.1, 0.15) is 43.7 Å². The van der Waals surface area contributed by atoms with Crippen molar-refractivity contribution in [2.45, 2.75) is 44.4 Å². The molecule has 1 fully saturated rings. The molecule has 4 aromatic rings. The van der Waals surface area contributed by atoms with Crippen LogP contribution in [0.25, 0.3) is 28.3 Å². The number of hydrogen-bond donors (Lipinski definition) is 0. The van der Waals surface area contributed by atoms with Crippen molar-refractivity contribution >= 4 is 5.65 Å². The molecule has 2 heterocycles. The van der Waals surface area contributed by atoms with Gasteiger partial charge in [-0.25, -0.2) is 14.5 Å². The third-order valence-corrected chi connectivity index (χ3v) is 6.68. The van der Waals surface area contributed by atoms with Crippen LogP contribution < -0.4 is 4.74 Å². The summed E-state index contributed by atoms with van der Waals surface area (Å²) in [6.45, 7) is 2.63. The number of nitrogens with zero attached hydrogens (tertiary/aromatic N) is 4. The monoisotopic (exact) mass is 396 g/mol. The van der Waals surface area contributed by atoms with E-state index >= 15 is 0 Å². The van der Waals surface area contributed by atoms with Gasteiger partial charge in [0, 0.05) is 22.1 Å². The van der Waals surface area contributed by atoms with Gasteiger partial charge in [-0.15, -0.1) is 5.10 Å². The Morgan fingerprint density at radius 2 is 1.93 bits per heavy atom. The molecule has 5 heteroatoms. The molecule has 2 aliphatic rings. The summed E-state index contributed by atoms with van der Waals surface area (Å²) in [6, 6.07) is 16.7. The summed E-state index contributed by atoms with van der Waals surface area (Å²) in [7, 11) is 0. The highest BCUT2D eigenvalue weighted by Gasteiger charge is 2.43. The summed E-state index contributed by atoms with van der Waals surface area (Å²) in [5, 5.41) is 4.79. The molecule has 5 nitrogen and oxygen atoms in total. The molecule has 6 rings (SSSR count). The second-order valence-electron chi connectivity index (χ2n) is 8.45. The molecule has 0 radical (unpaired) electrons. The van der Waals surface area contributed by atoms with Crippen molar-refractivity contribution < 1.29 is 4.74 Å². The Bertz CT molecular complexity index is 1250. The van der Waals surface area contributed by atoms with Gasteiger partial charge in [-0.05, 0) is 43.9 Å². The molecule has 0 unspecified atom stereocenters. The van der Waals surface area contributed by atoms with Gasteiger partial charge in [0.05, 0.1) is 12.3 Å². The van der Waals surface area contributed by atoms with E-state index in [4.69, 9.17) is 19.8 Å². The van der Waals surface area contributed by atoms with Crippen LogP contribution in [0.15, 0.2) is 54.9 Å². The highest BCUT2D eigenvalue weighted by molar-refractivity contribution is 5.78. The first-order valence-electron chi connectivity index (χ1n) is 10.8. The largest absolute Gasteiger partial charge is 0.494 e. The van der Waals surface area contributed by atoms with Crippen LogP contribution in [-0.4, -0.2) is 26.2 Å². The molecule has 1 spiro atoms. The van der Waals surface area contributed by atoms with Crippen LogP contribution in [-0.2, 0) is 11.8 Å². The first kappa shape index (κ1) is 17.6. The lowest BCUT2D eigenvalue weighted by atomic mass is 9.68. The Morgan fingerprint density at radius 3 is 2.80 bits per heavy atom. The van der Waals surface area contributed by atoms with E-state index in [2.05, 4.69) is 24.3 Å². The van der Waals surface area contributed by atoms with Crippen molar-refractivity contribution in [3.05, 3.63) is 66.0 Å². The minimum atomic E-state index is 0.122. The number of benzene rings is 2. The summed E-state index contributed by atoms with van der Waals surface area (Å²) >= 11 is 0. The Morgan fingerprint density at radius 1 is 1.07 bits per heavy atom. The second kappa shape index (κ2) is 6.66. The topological polar surface area (TPSA) is 52.3 Å². The molecule has 0 amide bonds. The Balaban J connectivity index is 1.58. The zero-order valence-corrected chi connectivity index (χ0v) is 17.1. The second-order valence-corrected chi connectivity index (χ2v) is 8.45. The average Bonchev–Trinajstić information content (AvgIpc) is 3.41. The number of ether oxygens (including phenoxy) is 1. The van der Waals surface area contributed by atoms with Crippen LogP contribution in [0.4, 0.5) is 0 Å². The molecule has 2 aliphatic carbocycles. The van der Waals surface area contributed by atoms with Gasteiger partial charge >= 0.3 is 0 Å². The molecule has 2 aromatic carbocycles. The van der Waals surface area contributed by atoms with E-state index in [1.54, 1.807) is 0 Å². The third-order valence-electron chi connectivity index (χ3n) is 6.68. The first-order chi connectivity index (χ1) is 14.8. The normalized spacial score (nSPS) is 16.6. The summed E-state index contributed by atoms with van der Waals surface area (Å²) in [5.74, 6) is 1.56. The van der Waals surface area contributed by atoms with E-state index in [0.717, 1.165) is 34.9 Å². The van der Waals surface area contributed by atoms with E-state index in [-0.39, 0.29) is 5.41 Å². The summed E-state index contributed by atoms with van der Waals surface area (Å²) in [5.41, 5.74) is 7.08. The van der Waals surface area contributed by atoms with Crippen molar-refractivity contribution in [1.29, 1.82) is 0 Å². The van der Waals surface area contributed by atoms with Crippen LogP contribution in [0.2, 0.25) is 0 Å². The molecule has 150 valence electrons. The lowest BCUT2D eigenvalue weighted by Gasteiger charge is -2.36. The highest BCUT2D eigenvalue weighted by Crippen LogP contribution is 2.52. The van der Waals surface area contributed by atoms with E-state index < -0.39 is 0 Å². The minimum Gasteiger partial charge on any atom is -0.494 e. The zero-order chi connectivity index (χ0) is 20.1. The molecule has 0 saturated heterocycles. The summed E-state index contributed by atoms with van der Waals surface area (Å²) in [4.78, 5) is 9.94. The number of aromatic nitrogens is 4.